The van der Waals surface area contributed by atoms with E-state index < -0.39 is 5.54 Å². The lowest BCUT2D eigenvalue weighted by Gasteiger charge is -2.32. The summed E-state index contributed by atoms with van der Waals surface area (Å²) in [6, 6.07) is 7.36. The number of ether oxygens (including phenoxy) is 1. The largest absolute Gasteiger partial charge is 0.467 e. The third kappa shape index (κ3) is 3.71. The molecule has 0 fully saturated rings. The molecular formula is C15H22ClNO2. The molecule has 0 saturated carbocycles. The lowest BCUT2D eigenvalue weighted by molar-refractivity contribution is -0.149. The average molecular weight is 284 g/mol. The van der Waals surface area contributed by atoms with Crippen LogP contribution in [0.25, 0.3) is 0 Å². The Balaban J connectivity index is 3.19. The van der Waals surface area contributed by atoms with Crippen molar-refractivity contribution in [2.24, 2.45) is 5.92 Å². The second kappa shape index (κ2) is 6.92. The summed E-state index contributed by atoms with van der Waals surface area (Å²) in [4.78, 5) is 12.3. The first-order valence-corrected chi connectivity index (χ1v) is 6.93. The molecule has 0 bridgehead atoms. The Morgan fingerprint density at radius 3 is 2.63 bits per heavy atom. The number of carbonyl (C=O) groups is 1. The Labute approximate surface area is 120 Å². The van der Waals surface area contributed by atoms with E-state index in [1.54, 1.807) is 6.07 Å². The molecule has 3 nitrogen and oxygen atoms in total. The normalized spacial score (nSPS) is 14.2. The molecule has 0 amide bonds. The van der Waals surface area contributed by atoms with Crippen LogP contribution in [0.5, 0.6) is 0 Å². The van der Waals surface area contributed by atoms with E-state index in [-0.39, 0.29) is 5.97 Å². The first-order valence-electron chi connectivity index (χ1n) is 6.55. The summed E-state index contributed by atoms with van der Waals surface area (Å²) in [5, 5.41) is 3.96. The van der Waals surface area contributed by atoms with Gasteiger partial charge in [-0.1, -0.05) is 44.5 Å². The highest BCUT2D eigenvalue weighted by Gasteiger charge is 2.39. The molecule has 0 aromatic heterocycles. The van der Waals surface area contributed by atoms with Crippen molar-refractivity contribution >= 4 is 17.6 Å². The van der Waals surface area contributed by atoms with E-state index in [1.165, 1.54) is 7.11 Å². The SMILES string of the molecule is CCC(NCC(C)C)(C(=O)OC)c1cccc(Cl)c1. The van der Waals surface area contributed by atoms with Gasteiger partial charge in [-0.2, -0.15) is 0 Å². The summed E-state index contributed by atoms with van der Waals surface area (Å²) in [6.45, 7) is 6.89. The maximum absolute atomic E-state index is 12.3. The molecule has 0 spiro atoms. The summed E-state index contributed by atoms with van der Waals surface area (Å²) in [5.74, 6) is 0.160. The van der Waals surface area contributed by atoms with Gasteiger partial charge in [-0.3, -0.25) is 5.32 Å². The zero-order valence-corrected chi connectivity index (χ0v) is 12.8. The van der Waals surface area contributed by atoms with E-state index in [0.29, 0.717) is 17.4 Å². The number of halogens is 1. The van der Waals surface area contributed by atoms with Gasteiger partial charge in [0.15, 0.2) is 0 Å². The minimum Gasteiger partial charge on any atom is -0.467 e. The summed E-state index contributed by atoms with van der Waals surface area (Å²) < 4.78 is 4.99. The molecule has 0 aliphatic rings. The third-order valence-corrected chi connectivity index (χ3v) is 3.43. The number of esters is 1. The minimum atomic E-state index is -0.829. The molecule has 1 aromatic carbocycles. The molecule has 0 aliphatic heterocycles. The van der Waals surface area contributed by atoms with Gasteiger partial charge in [0.2, 0.25) is 0 Å². The second-order valence-corrected chi connectivity index (χ2v) is 5.47. The zero-order valence-electron chi connectivity index (χ0n) is 12.0. The number of hydrogen-bond acceptors (Lipinski definition) is 3. The van der Waals surface area contributed by atoms with Crippen LogP contribution in [-0.2, 0) is 15.1 Å². The monoisotopic (exact) mass is 283 g/mol. The Morgan fingerprint density at radius 2 is 2.16 bits per heavy atom. The summed E-state index contributed by atoms with van der Waals surface area (Å²) in [5.41, 5.74) is 0.0131. The lowest BCUT2D eigenvalue weighted by atomic mass is 9.86. The van der Waals surface area contributed by atoms with Gasteiger partial charge < -0.3 is 4.74 Å². The molecule has 1 rings (SSSR count). The number of rotatable bonds is 6. The van der Waals surface area contributed by atoms with E-state index >= 15 is 0 Å². The van der Waals surface area contributed by atoms with E-state index in [1.807, 2.05) is 25.1 Å². The number of nitrogens with one attached hydrogen (secondary N) is 1. The maximum atomic E-state index is 12.3. The Hall–Kier alpha value is -1.06. The first kappa shape index (κ1) is 16.0. The fourth-order valence-corrected chi connectivity index (χ4v) is 2.26. The summed E-state index contributed by atoms with van der Waals surface area (Å²) in [6.07, 6.45) is 0.604. The van der Waals surface area contributed by atoms with Crippen molar-refractivity contribution in [2.75, 3.05) is 13.7 Å². The molecule has 1 atom stereocenters. The van der Waals surface area contributed by atoms with Crippen LogP contribution in [0.3, 0.4) is 0 Å². The number of methoxy groups -OCH3 is 1. The Morgan fingerprint density at radius 1 is 1.47 bits per heavy atom. The van der Waals surface area contributed by atoms with Crippen LogP contribution in [0.2, 0.25) is 5.02 Å². The fraction of sp³-hybridized carbons (Fsp3) is 0.533. The summed E-state index contributed by atoms with van der Waals surface area (Å²) >= 11 is 6.04. The van der Waals surface area contributed by atoms with E-state index in [0.717, 1.165) is 12.1 Å². The van der Waals surface area contributed by atoms with Crippen LogP contribution in [0.15, 0.2) is 24.3 Å². The predicted molar refractivity (Wildman–Crippen MR) is 78.3 cm³/mol. The van der Waals surface area contributed by atoms with Gasteiger partial charge in [0.1, 0.15) is 5.54 Å². The topological polar surface area (TPSA) is 38.3 Å². The van der Waals surface area contributed by atoms with Crippen molar-refractivity contribution in [3.05, 3.63) is 34.9 Å². The Kier molecular flexibility index (Phi) is 5.83. The highest BCUT2D eigenvalue weighted by atomic mass is 35.5. The standard InChI is InChI=1S/C15H22ClNO2/c1-5-15(14(18)19-4,17-10-11(2)3)12-7-6-8-13(16)9-12/h6-9,11,17H,5,10H2,1-4H3. The van der Waals surface area contributed by atoms with E-state index in [9.17, 15) is 4.79 Å². The molecule has 1 unspecified atom stereocenters. The molecular weight excluding hydrogens is 262 g/mol. The van der Waals surface area contributed by atoms with Gasteiger partial charge in [0.05, 0.1) is 7.11 Å². The summed E-state index contributed by atoms with van der Waals surface area (Å²) in [7, 11) is 1.41. The van der Waals surface area contributed by atoms with Crippen LogP contribution in [0, 0.1) is 5.92 Å². The first-order chi connectivity index (χ1) is 8.96. The van der Waals surface area contributed by atoms with Crippen LogP contribution < -0.4 is 5.32 Å². The zero-order chi connectivity index (χ0) is 14.5. The van der Waals surface area contributed by atoms with Crippen molar-refractivity contribution in [1.82, 2.24) is 5.32 Å². The van der Waals surface area contributed by atoms with Crippen LogP contribution >= 0.6 is 11.6 Å². The predicted octanol–water partition coefficient (Wildman–Crippen LogP) is 3.36. The Bertz CT molecular complexity index is 434. The van der Waals surface area contributed by atoms with Crippen molar-refractivity contribution in [1.29, 1.82) is 0 Å². The molecule has 19 heavy (non-hydrogen) atoms. The fourth-order valence-electron chi connectivity index (χ4n) is 2.07. The van der Waals surface area contributed by atoms with Crippen molar-refractivity contribution in [3.63, 3.8) is 0 Å². The smallest absolute Gasteiger partial charge is 0.330 e. The molecule has 106 valence electrons. The molecule has 0 saturated heterocycles. The number of carbonyl (C=O) groups excluding carboxylic acids is 1. The number of hydrogen-bond donors (Lipinski definition) is 1. The average Bonchev–Trinajstić information content (AvgIpc) is 2.39. The van der Waals surface area contributed by atoms with Crippen molar-refractivity contribution < 1.29 is 9.53 Å². The quantitative estimate of drug-likeness (QED) is 0.814. The lowest BCUT2D eigenvalue weighted by Crippen LogP contribution is -2.50. The van der Waals surface area contributed by atoms with Gasteiger partial charge in [-0.15, -0.1) is 0 Å². The maximum Gasteiger partial charge on any atom is 0.330 e. The number of benzene rings is 1. The molecule has 0 radical (unpaired) electrons. The van der Waals surface area contributed by atoms with Gasteiger partial charge in [0, 0.05) is 5.02 Å². The minimum absolute atomic E-state index is 0.280. The van der Waals surface area contributed by atoms with Gasteiger partial charge >= 0.3 is 5.97 Å². The van der Waals surface area contributed by atoms with Crippen LogP contribution in [0.1, 0.15) is 32.8 Å². The highest BCUT2D eigenvalue weighted by molar-refractivity contribution is 6.30. The van der Waals surface area contributed by atoms with Gasteiger partial charge in [-0.05, 0) is 36.6 Å². The molecule has 1 aromatic rings. The van der Waals surface area contributed by atoms with Crippen LogP contribution in [-0.4, -0.2) is 19.6 Å². The highest BCUT2D eigenvalue weighted by Crippen LogP contribution is 2.29. The van der Waals surface area contributed by atoms with Crippen molar-refractivity contribution in [2.45, 2.75) is 32.7 Å². The third-order valence-electron chi connectivity index (χ3n) is 3.19. The van der Waals surface area contributed by atoms with Gasteiger partial charge in [-0.25, -0.2) is 4.79 Å². The van der Waals surface area contributed by atoms with Gasteiger partial charge in [0.25, 0.3) is 0 Å². The molecule has 0 aliphatic carbocycles. The molecule has 1 N–H and O–H groups in total. The second-order valence-electron chi connectivity index (χ2n) is 5.04. The molecule has 0 heterocycles. The van der Waals surface area contributed by atoms with Crippen molar-refractivity contribution in [3.8, 4) is 0 Å². The van der Waals surface area contributed by atoms with Crippen LogP contribution in [0.4, 0.5) is 0 Å². The van der Waals surface area contributed by atoms with E-state index in [4.69, 9.17) is 16.3 Å². The molecule has 4 heteroatoms. The van der Waals surface area contributed by atoms with E-state index in [2.05, 4.69) is 19.2 Å².